The first-order valence-electron chi connectivity index (χ1n) is 11.0. The minimum Gasteiger partial charge on any atom is -0.503 e. The number of benzene rings is 2. The van der Waals surface area contributed by atoms with E-state index in [1.807, 2.05) is 32.0 Å². The van der Waals surface area contributed by atoms with Crippen LogP contribution in [-0.4, -0.2) is 28.4 Å². The number of aliphatic hydroxyl groups is 1. The quantitative estimate of drug-likeness (QED) is 0.260. The maximum absolute atomic E-state index is 13.7. The van der Waals surface area contributed by atoms with E-state index >= 15 is 0 Å². The number of ketones is 1. The van der Waals surface area contributed by atoms with Crippen LogP contribution in [0.4, 0.5) is 5.13 Å². The van der Waals surface area contributed by atoms with Crippen molar-refractivity contribution in [2.24, 2.45) is 0 Å². The molecule has 0 fully saturated rings. The predicted octanol–water partition coefficient (Wildman–Crippen LogP) is 5.85. The van der Waals surface area contributed by atoms with E-state index in [0.717, 1.165) is 16.0 Å². The molecule has 0 saturated carbocycles. The van der Waals surface area contributed by atoms with Gasteiger partial charge in [0.05, 0.1) is 17.3 Å². The monoisotopic (exact) mass is 486 g/mol. The molecular formula is C27H22N2O5S. The molecule has 1 aliphatic heterocycles. The number of carbonyl (C=O) groups excluding carboxylic acids is 2. The van der Waals surface area contributed by atoms with Crippen molar-refractivity contribution in [3.63, 3.8) is 0 Å². The maximum Gasteiger partial charge on any atom is 0.296 e. The van der Waals surface area contributed by atoms with Crippen molar-refractivity contribution >= 4 is 39.1 Å². The summed E-state index contributed by atoms with van der Waals surface area (Å²) in [5, 5.41) is 12.1. The van der Waals surface area contributed by atoms with Gasteiger partial charge in [-0.2, -0.15) is 0 Å². The number of amides is 1. The number of ether oxygens (including phenoxy) is 1. The van der Waals surface area contributed by atoms with Crippen LogP contribution in [0.2, 0.25) is 0 Å². The van der Waals surface area contributed by atoms with Gasteiger partial charge in [0.15, 0.2) is 16.7 Å². The lowest BCUT2D eigenvalue weighted by Gasteiger charge is -2.24. The van der Waals surface area contributed by atoms with Crippen LogP contribution < -0.4 is 9.64 Å². The molecule has 1 amide bonds. The number of furan rings is 1. The van der Waals surface area contributed by atoms with Crippen molar-refractivity contribution in [3.8, 4) is 5.75 Å². The Labute approximate surface area is 205 Å². The molecule has 35 heavy (non-hydrogen) atoms. The molecule has 0 aliphatic carbocycles. The lowest BCUT2D eigenvalue weighted by Crippen LogP contribution is -2.31. The molecular weight excluding hydrogens is 464 g/mol. The number of carbonyl (C=O) groups is 2. The van der Waals surface area contributed by atoms with Gasteiger partial charge in [0.25, 0.3) is 5.91 Å². The molecule has 0 radical (unpaired) electrons. The number of rotatable bonds is 7. The van der Waals surface area contributed by atoms with Crippen molar-refractivity contribution in [1.29, 1.82) is 0 Å². The molecule has 8 heteroatoms. The van der Waals surface area contributed by atoms with Gasteiger partial charge in [-0.15, -0.1) is 11.3 Å². The number of hydrogen-bond donors (Lipinski definition) is 1. The van der Waals surface area contributed by atoms with Gasteiger partial charge in [0.1, 0.15) is 17.9 Å². The number of hydrogen-bond acceptors (Lipinski definition) is 7. The number of aromatic nitrogens is 1. The van der Waals surface area contributed by atoms with Crippen LogP contribution in [0.3, 0.4) is 0 Å². The van der Waals surface area contributed by atoms with Crippen LogP contribution in [0.5, 0.6) is 5.75 Å². The van der Waals surface area contributed by atoms with Crippen LogP contribution in [0.15, 0.2) is 83.0 Å². The van der Waals surface area contributed by atoms with E-state index in [-0.39, 0.29) is 11.3 Å². The van der Waals surface area contributed by atoms with Crippen molar-refractivity contribution in [1.82, 2.24) is 4.98 Å². The summed E-state index contributed by atoms with van der Waals surface area (Å²) in [5.74, 6) is -1.20. The molecule has 1 unspecified atom stereocenters. The first-order chi connectivity index (χ1) is 16.9. The molecule has 3 heterocycles. The fourth-order valence-electron chi connectivity index (χ4n) is 4.04. The smallest absolute Gasteiger partial charge is 0.296 e. The van der Waals surface area contributed by atoms with Crippen molar-refractivity contribution in [2.75, 3.05) is 11.5 Å². The normalized spacial score (nSPS) is 15.8. The van der Waals surface area contributed by atoms with Crippen LogP contribution >= 0.6 is 11.3 Å². The molecule has 0 saturated heterocycles. The van der Waals surface area contributed by atoms with E-state index < -0.39 is 23.5 Å². The van der Waals surface area contributed by atoms with E-state index in [1.54, 1.807) is 42.5 Å². The third-order valence-electron chi connectivity index (χ3n) is 5.89. The average molecular weight is 487 g/mol. The maximum atomic E-state index is 13.7. The zero-order valence-corrected chi connectivity index (χ0v) is 20.0. The van der Waals surface area contributed by atoms with Crippen LogP contribution in [0, 0.1) is 13.8 Å². The van der Waals surface area contributed by atoms with Crippen LogP contribution in [0.25, 0.3) is 11.0 Å². The highest BCUT2D eigenvalue weighted by atomic mass is 32.1. The molecule has 0 bridgehead atoms. The third-order valence-corrected chi connectivity index (χ3v) is 6.96. The van der Waals surface area contributed by atoms with Crippen LogP contribution in [0.1, 0.15) is 32.7 Å². The molecule has 1 N–H and O–H groups in total. The molecule has 0 spiro atoms. The summed E-state index contributed by atoms with van der Waals surface area (Å²) >= 11 is 1.33. The second kappa shape index (κ2) is 8.88. The number of nitrogens with zero attached hydrogens (tertiary/aromatic N) is 2. The Kier molecular flexibility index (Phi) is 5.74. The Balaban J connectivity index is 1.62. The number of fused-ring (bicyclic) bond motifs is 1. The molecule has 4 aromatic rings. The standard InChI is InChI=1S/C27H22N2O5S/c1-4-13-33-19-11-9-17(10-12-19)23-22(24(30)21-14-18-7-5-6-8-20(18)34-21)25(31)26(32)29(23)27-28-15(2)16(3)35-27/h4-12,14,23,31H,1,13H2,2-3H3. The second-order valence-electron chi connectivity index (χ2n) is 8.12. The first-order valence-corrected chi connectivity index (χ1v) is 11.8. The minimum atomic E-state index is -0.887. The molecule has 2 aromatic carbocycles. The number of aryl methyl sites for hydroxylation is 2. The highest BCUT2D eigenvalue weighted by Crippen LogP contribution is 2.44. The molecule has 1 aliphatic rings. The van der Waals surface area contributed by atoms with Gasteiger partial charge in [0.2, 0.25) is 5.78 Å². The summed E-state index contributed by atoms with van der Waals surface area (Å²) in [7, 11) is 0. The molecule has 176 valence electrons. The Morgan fingerprint density at radius 1 is 1.23 bits per heavy atom. The number of para-hydroxylation sites is 1. The van der Waals surface area contributed by atoms with E-state index in [0.29, 0.717) is 28.6 Å². The average Bonchev–Trinajstić information content (AvgIpc) is 3.52. The number of thiazole rings is 1. The van der Waals surface area contributed by atoms with Gasteiger partial charge >= 0.3 is 0 Å². The Bertz CT molecular complexity index is 1440. The van der Waals surface area contributed by atoms with E-state index in [1.165, 1.54) is 16.2 Å². The van der Waals surface area contributed by atoms with E-state index in [2.05, 4.69) is 11.6 Å². The van der Waals surface area contributed by atoms with Gasteiger partial charge in [-0.05, 0) is 43.7 Å². The fraction of sp³-hybridized carbons (Fsp3) is 0.148. The summed E-state index contributed by atoms with van der Waals surface area (Å²) in [6.45, 7) is 7.75. The topological polar surface area (TPSA) is 92.9 Å². The zero-order valence-electron chi connectivity index (χ0n) is 19.1. The lowest BCUT2D eigenvalue weighted by atomic mass is 9.95. The number of anilines is 1. The summed E-state index contributed by atoms with van der Waals surface area (Å²) in [6, 6.07) is 15.0. The Morgan fingerprint density at radius 2 is 1.97 bits per heavy atom. The molecule has 2 aromatic heterocycles. The van der Waals surface area contributed by atoms with Crippen LogP contribution in [-0.2, 0) is 4.79 Å². The fourth-order valence-corrected chi connectivity index (χ4v) is 4.97. The first kappa shape index (κ1) is 22.6. The highest BCUT2D eigenvalue weighted by Gasteiger charge is 2.46. The lowest BCUT2D eigenvalue weighted by molar-refractivity contribution is -0.117. The SMILES string of the molecule is C=CCOc1ccc(C2C(C(=O)c3cc4ccccc4o3)=C(O)C(=O)N2c2nc(C)c(C)s2)cc1. The number of aliphatic hydroxyl groups excluding tert-OH is 1. The molecule has 7 nitrogen and oxygen atoms in total. The summed E-state index contributed by atoms with van der Waals surface area (Å²) < 4.78 is 11.3. The highest BCUT2D eigenvalue weighted by molar-refractivity contribution is 7.15. The van der Waals surface area contributed by atoms with Gasteiger partial charge in [-0.3, -0.25) is 14.5 Å². The Morgan fingerprint density at radius 3 is 2.63 bits per heavy atom. The van der Waals surface area contributed by atoms with Crippen molar-refractivity contribution in [2.45, 2.75) is 19.9 Å². The van der Waals surface area contributed by atoms with E-state index in [4.69, 9.17) is 9.15 Å². The van der Waals surface area contributed by atoms with Gasteiger partial charge in [-0.1, -0.05) is 43.0 Å². The molecule has 1 atom stereocenters. The van der Waals surface area contributed by atoms with E-state index in [9.17, 15) is 14.7 Å². The Hall–Kier alpha value is -4.17. The largest absolute Gasteiger partial charge is 0.503 e. The minimum absolute atomic E-state index is 0.0461. The third kappa shape index (κ3) is 3.91. The summed E-state index contributed by atoms with van der Waals surface area (Å²) in [5.41, 5.74) is 1.89. The molecule has 5 rings (SSSR count). The number of Topliss-reactive ketones (excluding diaryl/α,β-unsaturated/α-hetero) is 1. The zero-order chi connectivity index (χ0) is 24.7. The summed E-state index contributed by atoms with van der Waals surface area (Å²) in [6.07, 6.45) is 1.64. The summed E-state index contributed by atoms with van der Waals surface area (Å²) in [4.78, 5) is 33.8. The van der Waals surface area contributed by atoms with Crippen molar-refractivity contribution in [3.05, 3.63) is 100 Å². The van der Waals surface area contributed by atoms with Gasteiger partial charge in [-0.25, -0.2) is 4.98 Å². The second-order valence-corrected chi connectivity index (χ2v) is 9.31. The predicted molar refractivity (Wildman–Crippen MR) is 134 cm³/mol. The van der Waals surface area contributed by atoms with Crippen molar-refractivity contribution < 1.29 is 23.8 Å². The van der Waals surface area contributed by atoms with Gasteiger partial charge < -0.3 is 14.3 Å². The van der Waals surface area contributed by atoms with Gasteiger partial charge in [0, 0.05) is 10.3 Å².